The molecule has 0 radical (unpaired) electrons. The number of fused-ring (bicyclic) bond motifs is 3. The van der Waals surface area contributed by atoms with Gasteiger partial charge in [-0.15, -0.1) is 0 Å². The van der Waals surface area contributed by atoms with Crippen LogP contribution in [0.15, 0.2) is 0 Å². The van der Waals surface area contributed by atoms with Crippen molar-refractivity contribution in [1.82, 2.24) is 0 Å². The lowest BCUT2D eigenvalue weighted by atomic mass is 9.85. The van der Waals surface area contributed by atoms with Crippen LogP contribution in [0.25, 0.3) is 0 Å². The van der Waals surface area contributed by atoms with Crippen molar-refractivity contribution in [1.29, 1.82) is 0 Å². The normalized spacial score (nSPS) is 53.0. The Hall–Kier alpha value is -0.240. The number of aliphatic hydroxyl groups excluding tert-OH is 2. The average Bonchev–Trinajstić information content (AvgIpc) is 2.71. The van der Waals surface area contributed by atoms with Crippen molar-refractivity contribution in [2.45, 2.75) is 75.9 Å². The van der Waals surface area contributed by atoms with E-state index in [0.717, 1.165) is 0 Å². The molecule has 0 amide bonds. The van der Waals surface area contributed by atoms with Gasteiger partial charge in [-0.1, -0.05) is 0 Å². The van der Waals surface area contributed by atoms with Crippen molar-refractivity contribution >= 4 is 0 Å². The lowest BCUT2D eigenvalue weighted by Gasteiger charge is -2.38. The molecule has 2 N–H and O–H groups in total. The summed E-state index contributed by atoms with van der Waals surface area (Å²) < 4.78 is 22.8. The van der Waals surface area contributed by atoms with Gasteiger partial charge in [0.15, 0.2) is 11.6 Å². The fourth-order valence-electron chi connectivity index (χ4n) is 3.06. The Morgan fingerprint density at radius 3 is 1.22 bits per heavy atom. The van der Waals surface area contributed by atoms with Gasteiger partial charge in [0.25, 0.3) is 0 Å². The van der Waals surface area contributed by atoms with Crippen molar-refractivity contribution in [3.63, 3.8) is 0 Å². The van der Waals surface area contributed by atoms with E-state index in [-0.39, 0.29) is 0 Å². The molecular formula is C12H20O6. The van der Waals surface area contributed by atoms with E-state index in [2.05, 4.69) is 0 Å². The Morgan fingerprint density at radius 2 is 0.889 bits per heavy atom. The molecule has 2 heterocycles. The van der Waals surface area contributed by atoms with E-state index in [1.807, 2.05) is 0 Å². The Bertz CT molecular complexity index is 320. The van der Waals surface area contributed by atoms with Crippen LogP contribution >= 0.6 is 0 Å². The highest BCUT2D eigenvalue weighted by Crippen LogP contribution is 2.44. The van der Waals surface area contributed by atoms with Gasteiger partial charge in [-0.25, -0.2) is 0 Å². The largest absolute Gasteiger partial charge is 0.387 e. The van der Waals surface area contributed by atoms with Crippen molar-refractivity contribution < 1.29 is 29.2 Å². The summed E-state index contributed by atoms with van der Waals surface area (Å²) in [5.74, 6) is -1.58. The molecule has 3 rings (SSSR count). The van der Waals surface area contributed by atoms with Crippen LogP contribution in [0.2, 0.25) is 0 Å². The van der Waals surface area contributed by atoms with Crippen molar-refractivity contribution in [3.05, 3.63) is 0 Å². The summed E-state index contributed by atoms with van der Waals surface area (Å²) in [6.45, 7) is 7.11. The van der Waals surface area contributed by atoms with E-state index in [1.54, 1.807) is 27.7 Å². The van der Waals surface area contributed by atoms with E-state index in [9.17, 15) is 10.2 Å². The maximum atomic E-state index is 10.1. The third-order valence-corrected chi connectivity index (χ3v) is 3.67. The third-order valence-electron chi connectivity index (χ3n) is 3.67. The molecule has 0 unspecified atom stereocenters. The van der Waals surface area contributed by atoms with Crippen molar-refractivity contribution in [2.75, 3.05) is 0 Å². The number of hydrogen-bond donors (Lipinski definition) is 2. The highest BCUT2D eigenvalue weighted by Gasteiger charge is 2.62. The fourth-order valence-corrected chi connectivity index (χ4v) is 3.06. The summed E-state index contributed by atoms with van der Waals surface area (Å²) in [6.07, 6.45) is -4.09. The summed E-state index contributed by atoms with van der Waals surface area (Å²) >= 11 is 0. The Morgan fingerprint density at radius 1 is 0.611 bits per heavy atom. The molecule has 2 aliphatic heterocycles. The number of aliphatic hydroxyl groups is 2. The van der Waals surface area contributed by atoms with Gasteiger partial charge in [0.1, 0.15) is 36.6 Å². The monoisotopic (exact) mass is 260 g/mol. The summed E-state index contributed by atoms with van der Waals surface area (Å²) in [7, 11) is 0. The number of ether oxygens (including phenoxy) is 4. The summed E-state index contributed by atoms with van der Waals surface area (Å²) in [5, 5.41) is 20.2. The minimum absolute atomic E-state index is 0.426. The van der Waals surface area contributed by atoms with Gasteiger partial charge < -0.3 is 29.2 Å². The lowest BCUT2D eigenvalue weighted by molar-refractivity contribution is -0.185. The van der Waals surface area contributed by atoms with Crippen LogP contribution in [0.1, 0.15) is 27.7 Å². The molecule has 1 aliphatic carbocycles. The minimum atomic E-state index is -1.03. The first-order chi connectivity index (χ1) is 8.20. The van der Waals surface area contributed by atoms with Gasteiger partial charge in [-0.2, -0.15) is 0 Å². The highest BCUT2D eigenvalue weighted by atomic mass is 16.8. The highest BCUT2D eigenvalue weighted by molar-refractivity contribution is 5.07. The molecule has 3 aliphatic rings. The number of hydrogen-bond acceptors (Lipinski definition) is 6. The van der Waals surface area contributed by atoms with Crippen molar-refractivity contribution in [2.24, 2.45) is 0 Å². The van der Waals surface area contributed by atoms with Gasteiger partial charge in [-0.05, 0) is 27.7 Å². The van der Waals surface area contributed by atoms with Crippen LogP contribution in [0.3, 0.4) is 0 Å². The second kappa shape index (κ2) is 3.65. The Labute approximate surface area is 106 Å². The summed E-state index contributed by atoms with van der Waals surface area (Å²) in [6, 6.07) is 0. The number of rotatable bonds is 0. The molecule has 3 fully saturated rings. The molecule has 0 bridgehead atoms. The first kappa shape index (κ1) is 12.8. The van der Waals surface area contributed by atoms with Crippen LogP contribution in [-0.2, 0) is 18.9 Å². The van der Waals surface area contributed by atoms with Gasteiger partial charge in [0.2, 0.25) is 0 Å². The van der Waals surface area contributed by atoms with Crippen LogP contribution in [0.4, 0.5) is 0 Å². The molecule has 2 saturated heterocycles. The molecule has 0 aromatic rings. The van der Waals surface area contributed by atoms with Gasteiger partial charge in [-0.3, -0.25) is 0 Å². The Balaban J connectivity index is 1.91. The molecule has 18 heavy (non-hydrogen) atoms. The predicted octanol–water partition coefficient (Wildman–Crippen LogP) is -0.238. The maximum absolute atomic E-state index is 10.1. The van der Waals surface area contributed by atoms with Crippen LogP contribution in [0, 0.1) is 0 Å². The zero-order chi connectivity index (χ0) is 13.3. The lowest BCUT2D eigenvalue weighted by Crippen LogP contribution is -2.61. The van der Waals surface area contributed by atoms with E-state index in [1.165, 1.54) is 0 Å². The van der Waals surface area contributed by atoms with Crippen LogP contribution < -0.4 is 0 Å². The Kier molecular flexibility index (Phi) is 2.59. The van der Waals surface area contributed by atoms with Crippen LogP contribution in [0.5, 0.6) is 0 Å². The van der Waals surface area contributed by atoms with Crippen molar-refractivity contribution in [3.8, 4) is 0 Å². The van der Waals surface area contributed by atoms with E-state index < -0.39 is 48.2 Å². The molecule has 1 saturated carbocycles. The molecule has 6 atom stereocenters. The predicted molar refractivity (Wildman–Crippen MR) is 59.7 cm³/mol. The molecule has 0 spiro atoms. The molecule has 0 aromatic heterocycles. The zero-order valence-electron chi connectivity index (χ0n) is 11.0. The quantitative estimate of drug-likeness (QED) is 0.626. The molecule has 104 valence electrons. The molecule has 0 aromatic carbocycles. The standard InChI is InChI=1S/C12H20O6/c1-11(2)15-7-5(13)6(14)8-10(9(7)17-11)18-12(3,4)16-8/h5-10,13-14H,1-4H3/t5-,6-,7+,8+,9+,10+/m0/s1. The second-order valence-corrected chi connectivity index (χ2v) is 6.11. The first-order valence-electron chi connectivity index (χ1n) is 6.28. The SMILES string of the molecule is CC1(C)O[C@H]2[C@@H]3OC(C)(C)O[C@@H]3[C@@H](O)[C@H](O)[C@H]2O1. The van der Waals surface area contributed by atoms with E-state index in [0.29, 0.717) is 0 Å². The topological polar surface area (TPSA) is 77.4 Å². The average molecular weight is 260 g/mol. The second-order valence-electron chi connectivity index (χ2n) is 6.11. The van der Waals surface area contributed by atoms with Gasteiger partial charge in [0.05, 0.1) is 0 Å². The zero-order valence-corrected chi connectivity index (χ0v) is 11.0. The fraction of sp³-hybridized carbons (Fsp3) is 1.00. The van der Waals surface area contributed by atoms with E-state index >= 15 is 0 Å². The molecular weight excluding hydrogens is 240 g/mol. The van der Waals surface area contributed by atoms with Gasteiger partial charge in [0, 0.05) is 0 Å². The van der Waals surface area contributed by atoms with E-state index in [4.69, 9.17) is 18.9 Å². The molecule has 6 heteroatoms. The minimum Gasteiger partial charge on any atom is -0.387 e. The first-order valence-corrected chi connectivity index (χ1v) is 6.28. The smallest absolute Gasteiger partial charge is 0.164 e. The maximum Gasteiger partial charge on any atom is 0.164 e. The molecule has 6 nitrogen and oxygen atoms in total. The summed E-state index contributed by atoms with van der Waals surface area (Å²) in [4.78, 5) is 0. The third kappa shape index (κ3) is 1.79. The van der Waals surface area contributed by atoms with Gasteiger partial charge >= 0.3 is 0 Å². The summed E-state index contributed by atoms with van der Waals surface area (Å²) in [5.41, 5.74) is 0. The van der Waals surface area contributed by atoms with Crippen LogP contribution in [-0.4, -0.2) is 58.4 Å².